The van der Waals surface area contributed by atoms with E-state index < -0.39 is 11.8 Å². The topological polar surface area (TPSA) is 66.9 Å². The van der Waals surface area contributed by atoms with Crippen molar-refractivity contribution in [2.75, 3.05) is 20.3 Å². The lowest BCUT2D eigenvalue weighted by Crippen LogP contribution is -2.25. The van der Waals surface area contributed by atoms with Gasteiger partial charge in [0.1, 0.15) is 24.2 Å². The highest BCUT2D eigenvalue weighted by atomic mass is 16.7. The Balaban J connectivity index is 1.66. The summed E-state index contributed by atoms with van der Waals surface area (Å²) >= 11 is 0. The van der Waals surface area contributed by atoms with Crippen LogP contribution in [-0.2, 0) is 14.2 Å². The van der Waals surface area contributed by atoms with Crippen molar-refractivity contribution in [1.82, 2.24) is 4.98 Å². The molecule has 1 aliphatic heterocycles. The second-order valence-corrected chi connectivity index (χ2v) is 5.80. The zero-order chi connectivity index (χ0) is 16.4. The first-order chi connectivity index (χ1) is 11.0. The maximum absolute atomic E-state index is 12.1. The van der Waals surface area contributed by atoms with Crippen molar-refractivity contribution in [3.05, 3.63) is 36.0 Å². The first kappa shape index (κ1) is 15.7. The molecule has 0 saturated carbocycles. The SMILES string of the molecule is COc1ccc2nc(C(=O)OC[C@@H]3COC(C)(C)O3)ccc2c1. The fourth-order valence-corrected chi connectivity index (χ4v) is 2.43. The number of benzene rings is 1. The van der Waals surface area contributed by atoms with Crippen molar-refractivity contribution in [3.63, 3.8) is 0 Å². The monoisotopic (exact) mass is 317 g/mol. The van der Waals surface area contributed by atoms with Crippen LogP contribution in [0.2, 0.25) is 0 Å². The van der Waals surface area contributed by atoms with Crippen molar-refractivity contribution >= 4 is 16.9 Å². The number of esters is 1. The predicted octanol–water partition coefficient (Wildman–Crippen LogP) is 2.55. The number of methoxy groups -OCH3 is 1. The summed E-state index contributed by atoms with van der Waals surface area (Å²) in [6.45, 7) is 4.21. The van der Waals surface area contributed by atoms with Gasteiger partial charge in [0.15, 0.2) is 5.79 Å². The third-order valence-electron chi connectivity index (χ3n) is 3.57. The Labute approximate surface area is 134 Å². The summed E-state index contributed by atoms with van der Waals surface area (Å²) in [5.41, 5.74) is 0.975. The average Bonchev–Trinajstić information content (AvgIpc) is 2.90. The molecule has 1 aliphatic rings. The van der Waals surface area contributed by atoms with Crippen LogP contribution in [0.3, 0.4) is 0 Å². The van der Waals surface area contributed by atoms with E-state index in [0.29, 0.717) is 12.1 Å². The van der Waals surface area contributed by atoms with Gasteiger partial charge in [-0.05, 0) is 38.1 Å². The molecule has 6 heteroatoms. The van der Waals surface area contributed by atoms with Crippen molar-refractivity contribution in [3.8, 4) is 5.75 Å². The van der Waals surface area contributed by atoms with E-state index in [9.17, 15) is 4.79 Å². The summed E-state index contributed by atoms with van der Waals surface area (Å²) in [6.07, 6.45) is -0.251. The van der Waals surface area contributed by atoms with Gasteiger partial charge >= 0.3 is 5.97 Å². The second kappa shape index (κ2) is 6.14. The predicted molar refractivity (Wildman–Crippen MR) is 83.5 cm³/mol. The Morgan fingerprint density at radius 1 is 1.35 bits per heavy atom. The van der Waals surface area contributed by atoms with E-state index in [1.165, 1.54) is 0 Å². The zero-order valence-corrected chi connectivity index (χ0v) is 13.4. The number of pyridine rings is 1. The summed E-state index contributed by atoms with van der Waals surface area (Å²) in [5.74, 6) is -0.358. The van der Waals surface area contributed by atoms with Crippen LogP contribution in [0.1, 0.15) is 24.3 Å². The molecule has 0 aliphatic carbocycles. The van der Waals surface area contributed by atoms with Gasteiger partial charge in [0.05, 0.1) is 19.2 Å². The van der Waals surface area contributed by atoms with Crippen LogP contribution in [-0.4, -0.2) is 43.2 Å². The van der Waals surface area contributed by atoms with Crippen LogP contribution >= 0.6 is 0 Å². The van der Waals surface area contributed by atoms with Gasteiger partial charge in [0.25, 0.3) is 0 Å². The highest BCUT2D eigenvalue weighted by molar-refractivity contribution is 5.91. The lowest BCUT2D eigenvalue weighted by molar-refractivity contribution is -0.142. The number of aromatic nitrogens is 1. The van der Waals surface area contributed by atoms with Crippen molar-refractivity contribution in [1.29, 1.82) is 0 Å². The lowest BCUT2D eigenvalue weighted by Gasteiger charge is -2.16. The summed E-state index contributed by atoms with van der Waals surface area (Å²) in [6, 6.07) is 8.93. The third-order valence-corrected chi connectivity index (χ3v) is 3.57. The number of hydrogen-bond donors (Lipinski definition) is 0. The molecule has 2 heterocycles. The van der Waals surface area contributed by atoms with E-state index in [1.54, 1.807) is 25.3 Å². The minimum Gasteiger partial charge on any atom is -0.497 e. The van der Waals surface area contributed by atoms with E-state index in [-0.39, 0.29) is 18.4 Å². The van der Waals surface area contributed by atoms with Crippen LogP contribution in [0.15, 0.2) is 30.3 Å². The molecule has 0 N–H and O–H groups in total. The van der Waals surface area contributed by atoms with Gasteiger partial charge < -0.3 is 18.9 Å². The molecule has 1 fully saturated rings. The first-order valence-corrected chi connectivity index (χ1v) is 7.40. The lowest BCUT2D eigenvalue weighted by atomic mass is 10.2. The van der Waals surface area contributed by atoms with Crippen LogP contribution in [0.4, 0.5) is 0 Å². The van der Waals surface area contributed by atoms with Gasteiger partial charge in [-0.15, -0.1) is 0 Å². The molecule has 122 valence electrons. The molecule has 0 bridgehead atoms. The van der Waals surface area contributed by atoms with E-state index >= 15 is 0 Å². The molecule has 1 atom stereocenters. The summed E-state index contributed by atoms with van der Waals surface area (Å²) in [5, 5.41) is 0.898. The minimum atomic E-state index is -0.628. The van der Waals surface area contributed by atoms with Gasteiger partial charge in [-0.25, -0.2) is 9.78 Å². The van der Waals surface area contributed by atoms with E-state index in [4.69, 9.17) is 18.9 Å². The highest BCUT2D eigenvalue weighted by Crippen LogP contribution is 2.23. The van der Waals surface area contributed by atoms with Gasteiger partial charge in [0, 0.05) is 5.39 Å². The van der Waals surface area contributed by atoms with Gasteiger partial charge in [-0.2, -0.15) is 0 Å². The standard InChI is InChI=1S/C17H19NO5/c1-17(2)22-10-13(23-17)9-21-16(19)15-6-4-11-8-12(20-3)5-7-14(11)18-15/h4-8,13H,9-10H2,1-3H3/t13-/m1/s1. The number of carbonyl (C=O) groups excluding carboxylic acids is 1. The third kappa shape index (κ3) is 3.60. The van der Waals surface area contributed by atoms with Crippen LogP contribution < -0.4 is 4.74 Å². The maximum atomic E-state index is 12.1. The fraction of sp³-hybridized carbons (Fsp3) is 0.412. The number of fused-ring (bicyclic) bond motifs is 1. The number of nitrogens with zero attached hydrogens (tertiary/aromatic N) is 1. The molecule has 1 aromatic carbocycles. The number of hydrogen-bond acceptors (Lipinski definition) is 6. The Hall–Kier alpha value is -2.18. The number of rotatable bonds is 4. The normalized spacial score (nSPS) is 19.7. The van der Waals surface area contributed by atoms with Gasteiger partial charge in [0.2, 0.25) is 0 Å². The minimum absolute atomic E-state index is 0.143. The Morgan fingerprint density at radius 2 is 2.17 bits per heavy atom. The van der Waals surface area contributed by atoms with E-state index in [2.05, 4.69) is 4.98 Å². The molecular formula is C17H19NO5. The zero-order valence-electron chi connectivity index (χ0n) is 13.4. The summed E-state index contributed by atoms with van der Waals surface area (Å²) < 4.78 is 21.5. The van der Waals surface area contributed by atoms with Crippen molar-refractivity contribution in [2.45, 2.75) is 25.7 Å². The summed E-state index contributed by atoms with van der Waals surface area (Å²) in [4.78, 5) is 16.4. The molecule has 1 aromatic heterocycles. The van der Waals surface area contributed by atoms with Crippen LogP contribution in [0.5, 0.6) is 5.75 Å². The summed E-state index contributed by atoms with van der Waals surface area (Å²) in [7, 11) is 1.61. The van der Waals surface area contributed by atoms with Crippen molar-refractivity contribution < 1.29 is 23.7 Å². The molecule has 0 spiro atoms. The average molecular weight is 317 g/mol. The molecule has 2 aromatic rings. The maximum Gasteiger partial charge on any atom is 0.357 e. The molecule has 3 rings (SSSR count). The molecule has 6 nitrogen and oxygen atoms in total. The smallest absolute Gasteiger partial charge is 0.357 e. The molecule has 23 heavy (non-hydrogen) atoms. The fourth-order valence-electron chi connectivity index (χ4n) is 2.43. The van der Waals surface area contributed by atoms with Crippen molar-refractivity contribution in [2.24, 2.45) is 0 Å². The largest absolute Gasteiger partial charge is 0.497 e. The molecule has 1 saturated heterocycles. The number of ether oxygens (including phenoxy) is 4. The van der Waals surface area contributed by atoms with Crippen LogP contribution in [0, 0.1) is 0 Å². The highest BCUT2D eigenvalue weighted by Gasteiger charge is 2.33. The van der Waals surface area contributed by atoms with E-state index in [0.717, 1.165) is 11.1 Å². The van der Waals surface area contributed by atoms with Gasteiger partial charge in [-0.1, -0.05) is 6.07 Å². The molecular weight excluding hydrogens is 298 g/mol. The van der Waals surface area contributed by atoms with Gasteiger partial charge in [-0.3, -0.25) is 0 Å². The van der Waals surface area contributed by atoms with Crippen LogP contribution in [0.25, 0.3) is 10.9 Å². The quantitative estimate of drug-likeness (QED) is 0.807. The number of carbonyl (C=O) groups is 1. The Bertz CT molecular complexity index is 728. The Kier molecular flexibility index (Phi) is 4.19. The molecule has 0 amide bonds. The second-order valence-electron chi connectivity index (χ2n) is 5.80. The molecule has 0 unspecified atom stereocenters. The molecule has 0 radical (unpaired) electrons. The Morgan fingerprint density at radius 3 is 2.87 bits per heavy atom. The first-order valence-electron chi connectivity index (χ1n) is 7.40. The van der Waals surface area contributed by atoms with E-state index in [1.807, 2.05) is 26.0 Å².